The van der Waals surface area contributed by atoms with E-state index >= 15 is 0 Å². The second-order valence-electron chi connectivity index (χ2n) is 6.22. The van der Waals surface area contributed by atoms with Gasteiger partial charge >= 0.3 is 6.09 Å². The summed E-state index contributed by atoms with van der Waals surface area (Å²) in [6.07, 6.45) is 4.01. The second-order valence-corrected chi connectivity index (χ2v) is 6.22. The molecule has 0 aliphatic rings. The van der Waals surface area contributed by atoms with Crippen molar-refractivity contribution in [2.24, 2.45) is 0 Å². The lowest BCUT2D eigenvalue weighted by Gasteiger charge is -2.23. The second kappa shape index (κ2) is 7.45. The van der Waals surface area contributed by atoms with E-state index in [4.69, 9.17) is 9.47 Å². The van der Waals surface area contributed by atoms with Crippen molar-refractivity contribution in [2.75, 3.05) is 13.7 Å². The first-order valence-corrected chi connectivity index (χ1v) is 7.24. The molecule has 6 heteroatoms. The Morgan fingerprint density at radius 1 is 1.43 bits per heavy atom. The molecule has 0 aliphatic carbocycles. The van der Waals surface area contributed by atoms with Crippen molar-refractivity contribution in [3.05, 3.63) is 18.2 Å². The summed E-state index contributed by atoms with van der Waals surface area (Å²) in [6.45, 7) is 10.2. The summed E-state index contributed by atoms with van der Waals surface area (Å²) in [5, 5.41) is 2.84. The number of amides is 1. The van der Waals surface area contributed by atoms with Crippen molar-refractivity contribution in [1.29, 1.82) is 0 Å². The topological polar surface area (TPSA) is 65.4 Å². The first-order valence-electron chi connectivity index (χ1n) is 7.24. The Labute approximate surface area is 126 Å². The molecule has 6 nitrogen and oxygen atoms in total. The van der Waals surface area contributed by atoms with E-state index in [1.54, 1.807) is 19.6 Å². The van der Waals surface area contributed by atoms with E-state index < -0.39 is 11.7 Å². The van der Waals surface area contributed by atoms with Gasteiger partial charge in [0.05, 0.1) is 24.3 Å². The van der Waals surface area contributed by atoms with E-state index in [1.165, 1.54) is 0 Å². The van der Waals surface area contributed by atoms with Gasteiger partial charge in [0.15, 0.2) is 0 Å². The average Bonchev–Trinajstić information content (AvgIpc) is 2.82. The fourth-order valence-corrected chi connectivity index (χ4v) is 2.00. The molecular formula is C15H27N3O3. The molecule has 0 aromatic carbocycles. The van der Waals surface area contributed by atoms with Crippen LogP contribution in [-0.4, -0.2) is 35.0 Å². The molecule has 21 heavy (non-hydrogen) atoms. The Balaban J connectivity index is 2.68. The minimum atomic E-state index is -0.504. The van der Waals surface area contributed by atoms with Gasteiger partial charge in [0.1, 0.15) is 5.60 Å². The molecule has 1 N–H and O–H groups in total. The van der Waals surface area contributed by atoms with Crippen LogP contribution in [0.25, 0.3) is 0 Å². The number of alkyl carbamates (subject to hydrolysis) is 1. The number of carbonyl (C=O) groups is 1. The third kappa shape index (κ3) is 5.75. The standard InChI is InChI=1S/C15H27N3O3/c1-11(7-8-20-6)18-10-16-9-13(18)12(2)17-14(19)21-15(3,4)5/h9-12H,7-8H2,1-6H3,(H,17,19)/t11?,12-/m1/s1. The predicted molar refractivity (Wildman–Crippen MR) is 81.2 cm³/mol. The molecule has 0 spiro atoms. The van der Waals surface area contributed by atoms with Crippen LogP contribution in [0.1, 0.15) is 58.8 Å². The molecule has 1 aromatic rings. The predicted octanol–water partition coefficient (Wildman–Crippen LogP) is 3.07. The number of hydrogen-bond acceptors (Lipinski definition) is 4. The molecule has 0 fully saturated rings. The van der Waals surface area contributed by atoms with Gasteiger partial charge in [0.2, 0.25) is 0 Å². The molecule has 1 heterocycles. The molecule has 0 saturated carbocycles. The Bertz CT molecular complexity index is 451. The highest BCUT2D eigenvalue weighted by Crippen LogP contribution is 2.20. The van der Waals surface area contributed by atoms with Crippen LogP contribution >= 0.6 is 0 Å². The van der Waals surface area contributed by atoms with Crippen molar-refractivity contribution >= 4 is 6.09 Å². The van der Waals surface area contributed by atoms with E-state index in [9.17, 15) is 4.79 Å². The summed E-state index contributed by atoms with van der Waals surface area (Å²) in [5.74, 6) is 0. The third-order valence-corrected chi connectivity index (χ3v) is 3.09. The van der Waals surface area contributed by atoms with Crippen LogP contribution in [0, 0.1) is 0 Å². The molecule has 1 unspecified atom stereocenters. The van der Waals surface area contributed by atoms with Crippen LogP contribution < -0.4 is 5.32 Å². The van der Waals surface area contributed by atoms with Crippen molar-refractivity contribution in [2.45, 2.75) is 58.7 Å². The Morgan fingerprint density at radius 2 is 2.10 bits per heavy atom. The van der Waals surface area contributed by atoms with Gasteiger partial charge in [-0.25, -0.2) is 9.78 Å². The first kappa shape index (κ1) is 17.5. The highest BCUT2D eigenvalue weighted by Gasteiger charge is 2.21. The normalized spacial score (nSPS) is 14.6. The quantitative estimate of drug-likeness (QED) is 0.876. The monoisotopic (exact) mass is 297 g/mol. The number of rotatable bonds is 6. The molecule has 120 valence electrons. The van der Waals surface area contributed by atoms with Gasteiger partial charge in [-0.3, -0.25) is 0 Å². The van der Waals surface area contributed by atoms with E-state index in [2.05, 4.69) is 21.8 Å². The van der Waals surface area contributed by atoms with Crippen molar-refractivity contribution in [1.82, 2.24) is 14.9 Å². The van der Waals surface area contributed by atoms with Gasteiger partial charge < -0.3 is 19.4 Å². The van der Waals surface area contributed by atoms with Gasteiger partial charge in [-0.1, -0.05) is 0 Å². The van der Waals surface area contributed by atoms with Gasteiger partial charge in [-0.2, -0.15) is 0 Å². The van der Waals surface area contributed by atoms with Crippen molar-refractivity contribution < 1.29 is 14.3 Å². The smallest absolute Gasteiger partial charge is 0.408 e. The van der Waals surface area contributed by atoms with Crippen LogP contribution in [0.4, 0.5) is 4.79 Å². The maximum atomic E-state index is 11.8. The van der Waals surface area contributed by atoms with E-state index in [0.29, 0.717) is 6.61 Å². The third-order valence-electron chi connectivity index (χ3n) is 3.09. The number of nitrogens with zero attached hydrogens (tertiary/aromatic N) is 2. The molecule has 0 bridgehead atoms. The highest BCUT2D eigenvalue weighted by molar-refractivity contribution is 5.68. The maximum Gasteiger partial charge on any atom is 0.408 e. The van der Waals surface area contributed by atoms with E-state index in [1.807, 2.05) is 27.7 Å². The average molecular weight is 297 g/mol. The van der Waals surface area contributed by atoms with Crippen LogP contribution in [-0.2, 0) is 9.47 Å². The summed E-state index contributed by atoms with van der Waals surface area (Å²) in [7, 11) is 1.69. The van der Waals surface area contributed by atoms with Gasteiger partial charge in [-0.05, 0) is 41.0 Å². The molecule has 0 saturated heterocycles. The van der Waals surface area contributed by atoms with Gasteiger partial charge in [-0.15, -0.1) is 0 Å². The fourth-order valence-electron chi connectivity index (χ4n) is 2.00. The lowest BCUT2D eigenvalue weighted by atomic mass is 10.2. The number of carbonyl (C=O) groups excluding carboxylic acids is 1. The van der Waals surface area contributed by atoms with E-state index in [0.717, 1.165) is 12.1 Å². The summed E-state index contributed by atoms with van der Waals surface area (Å²) < 4.78 is 12.4. The molecular weight excluding hydrogens is 270 g/mol. The number of nitrogens with one attached hydrogen (secondary N) is 1. The minimum absolute atomic E-state index is 0.174. The number of aromatic nitrogens is 2. The Hall–Kier alpha value is -1.56. The highest BCUT2D eigenvalue weighted by atomic mass is 16.6. The van der Waals surface area contributed by atoms with Crippen LogP contribution in [0.5, 0.6) is 0 Å². The number of imidazole rings is 1. The molecule has 1 aromatic heterocycles. The number of hydrogen-bond donors (Lipinski definition) is 1. The molecule has 0 aliphatic heterocycles. The summed E-state index contributed by atoms with van der Waals surface area (Å²) in [5.41, 5.74) is 0.444. The zero-order chi connectivity index (χ0) is 16.0. The summed E-state index contributed by atoms with van der Waals surface area (Å²) >= 11 is 0. The SMILES string of the molecule is COCCC(C)n1cncc1[C@@H](C)NC(=O)OC(C)(C)C. The van der Waals surface area contributed by atoms with Crippen LogP contribution in [0.15, 0.2) is 12.5 Å². The Morgan fingerprint density at radius 3 is 2.67 bits per heavy atom. The van der Waals surface area contributed by atoms with Crippen molar-refractivity contribution in [3.63, 3.8) is 0 Å². The zero-order valence-corrected chi connectivity index (χ0v) is 13.8. The van der Waals surface area contributed by atoms with Crippen LogP contribution in [0.3, 0.4) is 0 Å². The first-order chi connectivity index (χ1) is 9.74. The van der Waals surface area contributed by atoms with Crippen molar-refractivity contribution in [3.8, 4) is 0 Å². The van der Waals surface area contributed by atoms with Gasteiger partial charge in [0.25, 0.3) is 0 Å². The minimum Gasteiger partial charge on any atom is -0.444 e. The number of methoxy groups -OCH3 is 1. The van der Waals surface area contributed by atoms with Crippen LogP contribution in [0.2, 0.25) is 0 Å². The van der Waals surface area contributed by atoms with Gasteiger partial charge in [0, 0.05) is 19.8 Å². The molecule has 0 radical (unpaired) electrons. The molecule has 1 rings (SSSR count). The lowest BCUT2D eigenvalue weighted by Crippen LogP contribution is -2.34. The number of ether oxygens (including phenoxy) is 2. The maximum absolute atomic E-state index is 11.8. The van der Waals surface area contributed by atoms with E-state index in [-0.39, 0.29) is 12.1 Å². The molecule has 1 amide bonds. The fraction of sp³-hybridized carbons (Fsp3) is 0.733. The summed E-state index contributed by atoms with van der Waals surface area (Å²) in [4.78, 5) is 16.0. The lowest BCUT2D eigenvalue weighted by molar-refractivity contribution is 0.0505. The Kier molecular flexibility index (Phi) is 6.20. The largest absolute Gasteiger partial charge is 0.444 e. The zero-order valence-electron chi connectivity index (χ0n) is 13.8. The summed E-state index contributed by atoms with van der Waals surface area (Å²) in [6, 6.07) is 0.0812. The molecule has 2 atom stereocenters.